The number of nitrogens with zero attached hydrogens (tertiary/aromatic N) is 2. The summed E-state index contributed by atoms with van der Waals surface area (Å²) in [5.41, 5.74) is 3.02. The van der Waals surface area contributed by atoms with Crippen molar-refractivity contribution in [2.75, 3.05) is 27.0 Å². The molecule has 1 N–H and O–H groups in total. The van der Waals surface area contributed by atoms with E-state index in [1.54, 1.807) is 13.3 Å². The van der Waals surface area contributed by atoms with Crippen LogP contribution in [-0.4, -0.2) is 47.6 Å². The van der Waals surface area contributed by atoms with E-state index in [9.17, 15) is 5.11 Å². The lowest BCUT2D eigenvalue weighted by Crippen LogP contribution is -2.67. The van der Waals surface area contributed by atoms with Crippen LogP contribution in [0, 0.1) is 11.8 Å². The summed E-state index contributed by atoms with van der Waals surface area (Å²) in [7, 11) is 1.67. The SMILES string of the molecule is C=CC1C[N+]2(Cc3ccc4c(c3)OCO4)CCC1C[C@H]2[C@H](O)c1ccnc2ccc(OC)cc12. The number of methoxy groups -OCH3 is 1. The van der Waals surface area contributed by atoms with Crippen LogP contribution in [0.3, 0.4) is 0 Å². The maximum Gasteiger partial charge on any atom is 0.231 e. The summed E-state index contributed by atoms with van der Waals surface area (Å²) in [4.78, 5) is 4.53. The quantitative estimate of drug-likeness (QED) is 0.431. The Morgan fingerprint density at radius 2 is 2.09 bits per heavy atom. The molecule has 0 aliphatic carbocycles. The van der Waals surface area contributed by atoms with Crippen molar-refractivity contribution in [1.82, 2.24) is 4.98 Å². The van der Waals surface area contributed by atoms with Crippen LogP contribution in [0.2, 0.25) is 0 Å². The fourth-order valence-electron chi connectivity index (χ4n) is 6.52. The largest absolute Gasteiger partial charge is 0.497 e. The number of hydrogen-bond acceptors (Lipinski definition) is 5. The number of piperidine rings is 3. The third-order valence-corrected chi connectivity index (χ3v) is 8.28. The highest BCUT2D eigenvalue weighted by Gasteiger charge is 2.54. The fraction of sp³-hybridized carbons (Fsp3) is 0.393. The van der Waals surface area contributed by atoms with Crippen LogP contribution in [0.5, 0.6) is 17.2 Å². The van der Waals surface area contributed by atoms with Crippen LogP contribution in [0.25, 0.3) is 10.9 Å². The first-order valence-electron chi connectivity index (χ1n) is 12.1. The van der Waals surface area contributed by atoms with Gasteiger partial charge in [0.25, 0.3) is 0 Å². The number of aliphatic hydroxyl groups excluding tert-OH is 1. The Bertz CT molecular complexity index is 1240. The molecule has 1 aromatic heterocycles. The maximum absolute atomic E-state index is 11.9. The van der Waals surface area contributed by atoms with Crippen LogP contribution in [0.4, 0.5) is 0 Å². The van der Waals surface area contributed by atoms with E-state index in [0.717, 1.165) is 70.7 Å². The molecule has 0 amide bonds. The second kappa shape index (κ2) is 8.29. The van der Waals surface area contributed by atoms with Gasteiger partial charge < -0.3 is 23.8 Å². The van der Waals surface area contributed by atoms with Gasteiger partial charge in [-0.15, -0.1) is 6.58 Å². The number of quaternary nitrogens is 1. The molecule has 6 heteroatoms. The lowest BCUT2D eigenvalue weighted by molar-refractivity contribution is -0.984. The Hall–Kier alpha value is -3.09. The summed E-state index contributed by atoms with van der Waals surface area (Å²) >= 11 is 0. The van der Waals surface area contributed by atoms with E-state index in [1.807, 2.05) is 30.3 Å². The summed E-state index contributed by atoms with van der Waals surface area (Å²) in [6, 6.07) is 14.2. The summed E-state index contributed by atoms with van der Waals surface area (Å²) in [5, 5.41) is 12.9. The van der Waals surface area contributed by atoms with Crippen molar-refractivity contribution >= 4 is 10.9 Å². The van der Waals surface area contributed by atoms with Crippen molar-refractivity contribution in [2.24, 2.45) is 11.8 Å². The van der Waals surface area contributed by atoms with Gasteiger partial charge in [0, 0.05) is 35.9 Å². The minimum absolute atomic E-state index is 0.0946. The van der Waals surface area contributed by atoms with Gasteiger partial charge in [0.15, 0.2) is 11.5 Å². The molecule has 3 saturated heterocycles. The van der Waals surface area contributed by atoms with Crippen LogP contribution in [-0.2, 0) is 6.54 Å². The van der Waals surface area contributed by atoms with Crippen LogP contribution < -0.4 is 14.2 Å². The molecule has 0 radical (unpaired) electrons. The molecule has 0 spiro atoms. The molecule has 5 atom stereocenters. The Labute approximate surface area is 200 Å². The molecule has 176 valence electrons. The second-order valence-corrected chi connectivity index (χ2v) is 9.95. The van der Waals surface area contributed by atoms with Crippen molar-refractivity contribution in [2.45, 2.75) is 31.5 Å². The number of ether oxygens (including phenoxy) is 3. The molecule has 6 nitrogen and oxygen atoms in total. The first kappa shape index (κ1) is 21.4. The summed E-state index contributed by atoms with van der Waals surface area (Å²) in [6.07, 6.45) is 5.48. The lowest BCUT2D eigenvalue weighted by atomic mass is 9.71. The Kier molecular flexibility index (Phi) is 5.23. The van der Waals surface area contributed by atoms with E-state index >= 15 is 0 Å². The van der Waals surface area contributed by atoms with E-state index < -0.39 is 6.10 Å². The highest BCUT2D eigenvalue weighted by Crippen LogP contribution is 2.48. The zero-order valence-corrected chi connectivity index (χ0v) is 19.5. The van der Waals surface area contributed by atoms with E-state index in [-0.39, 0.29) is 12.8 Å². The molecule has 3 unspecified atom stereocenters. The van der Waals surface area contributed by atoms with Gasteiger partial charge in [0.2, 0.25) is 6.79 Å². The van der Waals surface area contributed by atoms with Gasteiger partial charge in [-0.05, 0) is 53.9 Å². The standard InChI is InChI=1S/C28H31N2O4/c1-3-19-16-30(15-18-4-7-26-27(12-18)34-17-33-26)11-9-20(19)13-25(30)28(31)22-8-10-29-24-6-5-21(32-2)14-23(22)24/h3-8,10,12,14,19-20,25,28,31H,1,9,11,13,15-17H2,2H3/q+1/t19?,20?,25-,28+,30?/m0/s1. The number of aliphatic hydroxyl groups is 1. The molecule has 2 bridgehead atoms. The smallest absolute Gasteiger partial charge is 0.231 e. The van der Waals surface area contributed by atoms with Crippen molar-refractivity contribution in [1.29, 1.82) is 0 Å². The molecule has 3 fully saturated rings. The van der Waals surface area contributed by atoms with E-state index in [0.29, 0.717) is 11.8 Å². The zero-order chi connectivity index (χ0) is 23.3. The molecule has 4 aliphatic heterocycles. The molecule has 2 aromatic carbocycles. The van der Waals surface area contributed by atoms with Gasteiger partial charge in [-0.1, -0.05) is 6.08 Å². The number of hydrogen-bond donors (Lipinski definition) is 1. The van der Waals surface area contributed by atoms with Gasteiger partial charge in [-0.25, -0.2) is 0 Å². The Morgan fingerprint density at radius 3 is 2.94 bits per heavy atom. The molecule has 0 saturated carbocycles. The van der Waals surface area contributed by atoms with Crippen LogP contribution >= 0.6 is 0 Å². The fourth-order valence-corrected chi connectivity index (χ4v) is 6.52. The van der Waals surface area contributed by atoms with Crippen LogP contribution in [0.1, 0.15) is 30.1 Å². The van der Waals surface area contributed by atoms with E-state index in [4.69, 9.17) is 14.2 Å². The van der Waals surface area contributed by atoms with Crippen LogP contribution in [0.15, 0.2) is 61.3 Å². The van der Waals surface area contributed by atoms with Gasteiger partial charge >= 0.3 is 0 Å². The van der Waals surface area contributed by atoms with E-state index in [1.165, 1.54) is 5.56 Å². The predicted octanol–water partition coefficient (Wildman–Crippen LogP) is 4.62. The lowest BCUT2D eigenvalue weighted by Gasteiger charge is -2.58. The molecule has 34 heavy (non-hydrogen) atoms. The van der Waals surface area contributed by atoms with Gasteiger partial charge in [-0.3, -0.25) is 4.98 Å². The molecule has 5 heterocycles. The number of aromatic nitrogens is 1. The Balaban J connectivity index is 1.40. The third-order valence-electron chi connectivity index (χ3n) is 8.28. The summed E-state index contributed by atoms with van der Waals surface area (Å²) < 4.78 is 17.5. The average molecular weight is 460 g/mol. The first-order chi connectivity index (χ1) is 16.6. The zero-order valence-electron chi connectivity index (χ0n) is 19.5. The normalized spacial score (nSPS) is 28.1. The Morgan fingerprint density at radius 1 is 1.21 bits per heavy atom. The van der Waals surface area contributed by atoms with Crippen molar-refractivity contribution in [3.8, 4) is 17.2 Å². The van der Waals surface area contributed by atoms with Crippen molar-refractivity contribution in [3.05, 3.63) is 72.4 Å². The summed E-state index contributed by atoms with van der Waals surface area (Å²) in [6.45, 7) is 7.32. The van der Waals surface area contributed by atoms with Crippen molar-refractivity contribution in [3.63, 3.8) is 0 Å². The molecule has 3 aromatic rings. The number of pyridine rings is 1. The second-order valence-electron chi connectivity index (χ2n) is 9.95. The summed E-state index contributed by atoms with van der Waals surface area (Å²) in [5.74, 6) is 3.43. The third kappa shape index (κ3) is 3.44. The topological polar surface area (TPSA) is 60.8 Å². The number of fused-ring (bicyclic) bond motifs is 5. The highest BCUT2D eigenvalue weighted by molar-refractivity contribution is 5.83. The average Bonchev–Trinajstić information content (AvgIpc) is 3.35. The predicted molar refractivity (Wildman–Crippen MR) is 130 cm³/mol. The minimum atomic E-state index is -0.597. The van der Waals surface area contributed by atoms with Crippen molar-refractivity contribution < 1.29 is 23.8 Å². The van der Waals surface area contributed by atoms with Gasteiger partial charge in [0.1, 0.15) is 24.4 Å². The van der Waals surface area contributed by atoms with E-state index in [2.05, 4.69) is 29.8 Å². The van der Waals surface area contributed by atoms with Gasteiger partial charge in [-0.2, -0.15) is 0 Å². The molecular formula is C28H31N2O4+. The molecule has 4 aliphatic rings. The molecular weight excluding hydrogens is 428 g/mol. The first-order valence-corrected chi connectivity index (χ1v) is 12.1. The minimum Gasteiger partial charge on any atom is -0.497 e. The number of rotatable bonds is 6. The van der Waals surface area contributed by atoms with Gasteiger partial charge in [0.05, 0.1) is 25.7 Å². The maximum atomic E-state index is 11.9. The monoisotopic (exact) mass is 459 g/mol. The molecule has 7 rings (SSSR count). The number of benzene rings is 2. The highest BCUT2D eigenvalue weighted by atomic mass is 16.7.